The molecule has 0 heterocycles. The van der Waals surface area contributed by atoms with Crippen LogP contribution in [0, 0.1) is 23.5 Å². The van der Waals surface area contributed by atoms with E-state index < -0.39 is 17.2 Å². The van der Waals surface area contributed by atoms with E-state index in [-0.39, 0.29) is 0 Å². The standard InChI is InChI=1S/C16H23F2N/c1-11(2)6-12-4-3-5-16(19,10-12)13-7-14(17)9-15(18)8-13/h7-9,11-12H,3-6,10,19H2,1-2H3. The molecule has 2 rings (SSSR count). The van der Waals surface area contributed by atoms with Crippen molar-refractivity contribution < 1.29 is 8.78 Å². The Balaban J connectivity index is 2.21. The molecule has 0 spiro atoms. The maximum atomic E-state index is 13.4. The van der Waals surface area contributed by atoms with Gasteiger partial charge in [-0.15, -0.1) is 0 Å². The van der Waals surface area contributed by atoms with Gasteiger partial charge in [-0.25, -0.2) is 8.78 Å². The Morgan fingerprint density at radius 2 is 1.89 bits per heavy atom. The highest BCUT2D eigenvalue weighted by Gasteiger charge is 2.35. The maximum absolute atomic E-state index is 13.4. The molecule has 3 heteroatoms. The Kier molecular flexibility index (Phi) is 4.24. The minimum atomic E-state index is -0.569. The van der Waals surface area contributed by atoms with Crippen molar-refractivity contribution in [3.63, 3.8) is 0 Å². The zero-order valence-electron chi connectivity index (χ0n) is 11.8. The zero-order chi connectivity index (χ0) is 14.0. The van der Waals surface area contributed by atoms with Crippen LogP contribution in [0.1, 0.15) is 51.5 Å². The van der Waals surface area contributed by atoms with Gasteiger partial charge in [-0.3, -0.25) is 0 Å². The van der Waals surface area contributed by atoms with E-state index in [4.69, 9.17) is 5.73 Å². The van der Waals surface area contributed by atoms with E-state index in [1.54, 1.807) is 0 Å². The summed E-state index contributed by atoms with van der Waals surface area (Å²) in [7, 11) is 0. The van der Waals surface area contributed by atoms with E-state index in [9.17, 15) is 8.78 Å². The molecule has 1 fully saturated rings. The summed E-state index contributed by atoms with van der Waals surface area (Å²) in [6.45, 7) is 4.41. The van der Waals surface area contributed by atoms with Crippen LogP contribution in [0.3, 0.4) is 0 Å². The lowest BCUT2D eigenvalue weighted by molar-refractivity contribution is 0.201. The molecule has 1 saturated carbocycles. The molecule has 1 nitrogen and oxygen atoms in total. The average molecular weight is 267 g/mol. The lowest BCUT2D eigenvalue weighted by atomic mass is 9.70. The molecule has 0 radical (unpaired) electrons. The van der Waals surface area contributed by atoms with E-state index in [2.05, 4.69) is 13.8 Å². The van der Waals surface area contributed by atoms with Crippen molar-refractivity contribution in [3.8, 4) is 0 Å². The summed E-state index contributed by atoms with van der Waals surface area (Å²) in [6, 6.07) is 3.68. The van der Waals surface area contributed by atoms with Gasteiger partial charge in [0.05, 0.1) is 0 Å². The van der Waals surface area contributed by atoms with E-state index in [0.717, 1.165) is 31.7 Å². The fourth-order valence-electron chi connectivity index (χ4n) is 3.40. The van der Waals surface area contributed by atoms with Crippen molar-refractivity contribution in [2.45, 2.75) is 51.5 Å². The second kappa shape index (κ2) is 5.58. The van der Waals surface area contributed by atoms with Crippen molar-refractivity contribution in [1.29, 1.82) is 0 Å². The largest absolute Gasteiger partial charge is 0.321 e. The number of benzene rings is 1. The van der Waals surface area contributed by atoms with Gasteiger partial charge in [0.15, 0.2) is 0 Å². The highest BCUT2D eigenvalue weighted by atomic mass is 19.1. The van der Waals surface area contributed by atoms with Crippen LogP contribution < -0.4 is 5.73 Å². The van der Waals surface area contributed by atoms with Gasteiger partial charge in [0.25, 0.3) is 0 Å². The van der Waals surface area contributed by atoms with Crippen molar-refractivity contribution in [1.82, 2.24) is 0 Å². The first-order valence-corrected chi connectivity index (χ1v) is 7.14. The van der Waals surface area contributed by atoms with Gasteiger partial charge >= 0.3 is 0 Å². The molecule has 2 N–H and O–H groups in total. The van der Waals surface area contributed by atoms with Crippen molar-refractivity contribution in [2.24, 2.45) is 17.6 Å². The predicted molar refractivity (Wildman–Crippen MR) is 73.6 cm³/mol. The molecule has 0 bridgehead atoms. The first-order chi connectivity index (χ1) is 8.89. The fraction of sp³-hybridized carbons (Fsp3) is 0.625. The van der Waals surface area contributed by atoms with E-state index >= 15 is 0 Å². The molecule has 0 amide bonds. The van der Waals surface area contributed by atoms with Crippen LogP contribution in [0.2, 0.25) is 0 Å². The third kappa shape index (κ3) is 3.53. The van der Waals surface area contributed by atoms with Crippen LogP contribution in [0.5, 0.6) is 0 Å². The third-order valence-corrected chi connectivity index (χ3v) is 4.13. The highest BCUT2D eigenvalue weighted by Crippen LogP contribution is 2.40. The molecule has 106 valence electrons. The quantitative estimate of drug-likeness (QED) is 0.865. The second-order valence-corrected chi connectivity index (χ2v) is 6.41. The molecule has 1 aromatic rings. The predicted octanol–water partition coefficient (Wildman–Crippen LogP) is 4.36. The van der Waals surface area contributed by atoms with Gasteiger partial charge in [0.2, 0.25) is 0 Å². The van der Waals surface area contributed by atoms with E-state index in [1.807, 2.05) is 0 Å². The lowest BCUT2D eigenvalue weighted by Gasteiger charge is -2.39. The first kappa shape index (κ1) is 14.4. The minimum Gasteiger partial charge on any atom is -0.321 e. The summed E-state index contributed by atoms with van der Waals surface area (Å²) in [5, 5.41) is 0. The molecule has 1 aliphatic rings. The number of nitrogens with two attached hydrogens (primary N) is 1. The number of halogens is 2. The third-order valence-electron chi connectivity index (χ3n) is 4.13. The first-order valence-electron chi connectivity index (χ1n) is 7.14. The fourth-order valence-corrected chi connectivity index (χ4v) is 3.40. The molecule has 2 atom stereocenters. The van der Waals surface area contributed by atoms with Crippen LogP contribution in [-0.4, -0.2) is 0 Å². The minimum absolute atomic E-state index is 0.536. The Labute approximate surface area is 114 Å². The van der Waals surface area contributed by atoms with E-state index in [1.165, 1.54) is 18.6 Å². The van der Waals surface area contributed by atoms with Crippen molar-refractivity contribution >= 4 is 0 Å². The topological polar surface area (TPSA) is 26.0 Å². The zero-order valence-corrected chi connectivity index (χ0v) is 11.8. The molecule has 0 aromatic heterocycles. The summed E-state index contributed by atoms with van der Waals surface area (Å²) < 4.78 is 26.7. The van der Waals surface area contributed by atoms with Gasteiger partial charge < -0.3 is 5.73 Å². The van der Waals surface area contributed by atoms with Crippen LogP contribution >= 0.6 is 0 Å². The van der Waals surface area contributed by atoms with Gasteiger partial charge in [0, 0.05) is 11.6 Å². The molecular weight excluding hydrogens is 244 g/mol. The summed E-state index contributed by atoms with van der Waals surface area (Å²) >= 11 is 0. The summed E-state index contributed by atoms with van der Waals surface area (Å²) in [5.41, 5.74) is 6.49. The van der Waals surface area contributed by atoms with Crippen LogP contribution in [0.4, 0.5) is 8.78 Å². The number of rotatable bonds is 3. The summed E-state index contributed by atoms with van der Waals surface area (Å²) in [6.07, 6.45) is 4.98. The molecule has 0 saturated heterocycles. The second-order valence-electron chi connectivity index (χ2n) is 6.41. The number of hydrogen-bond acceptors (Lipinski definition) is 1. The smallest absolute Gasteiger partial charge is 0.126 e. The maximum Gasteiger partial charge on any atom is 0.126 e. The van der Waals surface area contributed by atoms with Crippen molar-refractivity contribution in [3.05, 3.63) is 35.4 Å². The molecular formula is C16H23F2N. The van der Waals surface area contributed by atoms with Gasteiger partial charge in [-0.2, -0.15) is 0 Å². The molecule has 2 unspecified atom stereocenters. The Bertz CT molecular complexity index is 424. The van der Waals surface area contributed by atoms with Gasteiger partial charge in [-0.1, -0.05) is 26.7 Å². The summed E-state index contributed by atoms with van der Waals surface area (Å²) in [5.74, 6) is 0.123. The average Bonchev–Trinajstić information content (AvgIpc) is 2.26. The molecule has 1 aliphatic carbocycles. The van der Waals surface area contributed by atoms with Crippen molar-refractivity contribution in [2.75, 3.05) is 0 Å². The Morgan fingerprint density at radius 3 is 2.47 bits per heavy atom. The highest BCUT2D eigenvalue weighted by molar-refractivity contribution is 5.26. The van der Waals surface area contributed by atoms with E-state index in [0.29, 0.717) is 17.4 Å². The van der Waals surface area contributed by atoms with Crippen LogP contribution in [0.25, 0.3) is 0 Å². The summed E-state index contributed by atoms with van der Waals surface area (Å²) in [4.78, 5) is 0. The SMILES string of the molecule is CC(C)CC1CCCC(N)(c2cc(F)cc(F)c2)C1. The number of hydrogen-bond donors (Lipinski definition) is 1. The van der Waals surface area contributed by atoms with Crippen LogP contribution in [0.15, 0.2) is 18.2 Å². The molecule has 0 aliphatic heterocycles. The van der Waals surface area contributed by atoms with Gasteiger partial charge in [0.1, 0.15) is 11.6 Å². The van der Waals surface area contributed by atoms with Crippen LogP contribution in [-0.2, 0) is 5.54 Å². The normalized spacial score (nSPS) is 27.8. The lowest BCUT2D eigenvalue weighted by Crippen LogP contribution is -2.41. The Hall–Kier alpha value is -0.960. The Morgan fingerprint density at radius 1 is 1.26 bits per heavy atom. The molecule has 19 heavy (non-hydrogen) atoms. The monoisotopic (exact) mass is 267 g/mol. The van der Waals surface area contributed by atoms with Gasteiger partial charge in [-0.05, 0) is 48.8 Å². The molecule has 1 aromatic carbocycles.